The van der Waals surface area contributed by atoms with Gasteiger partial charge in [-0.2, -0.15) is 0 Å². The molecular weight excluding hydrogens is 368 g/mol. The van der Waals surface area contributed by atoms with Crippen molar-refractivity contribution < 1.29 is 14.3 Å². The molecule has 0 bridgehead atoms. The summed E-state index contributed by atoms with van der Waals surface area (Å²) in [5.41, 5.74) is 1.35. The summed E-state index contributed by atoms with van der Waals surface area (Å²) in [5.74, 6) is 1.39. The molecule has 7 heteroatoms. The molecule has 1 unspecified atom stereocenters. The SMILES string of the molecule is CN(Cc1ccc(Oc2ccccc2)cc1)C(=O)c1cn(CC2CCCO2)nn1. The quantitative estimate of drug-likeness (QED) is 0.615. The van der Waals surface area contributed by atoms with E-state index in [9.17, 15) is 4.79 Å². The van der Waals surface area contributed by atoms with Crippen LogP contribution in [0.2, 0.25) is 0 Å². The first-order chi connectivity index (χ1) is 14.2. The Morgan fingerprint density at radius 3 is 2.66 bits per heavy atom. The monoisotopic (exact) mass is 392 g/mol. The normalized spacial score (nSPS) is 16.0. The molecule has 1 aliphatic rings. The highest BCUT2D eigenvalue weighted by Crippen LogP contribution is 2.21. The number of para-hydroxylation sites is 1. The van der Waals surface area contributed by atoms with E-state index in [1.54, 1.807) is 22.8 Å². The average Bonchev–Trinajstić information content (AvgIpc) is 3.42. The van der Waals surface area contributed by atoms with Gasteiger partial charge in [0.15, 0.2) is 5.69 Å². The summed E-state index contributed by atoms with van der Waals surface area (Å²) in [6.07, 6.45) is 3.95. The Hall–Kier alpha value is -3.19. The predicted octanol–water partition coefficient (Wildman–Crippen LogP) is 3.52. The molecule has 0 aliphatic carbocycles. The van der Waals surface area contributed by atoms with Gasteiger partial charge in [-0.15, -0.1) is 5.10 Å². The molecular formula is C22H24N4O3. The number of nitrogens with zero attached hydrogens (tertiary/aromatic N) is 4. The van der Waals surface area contributed by atoms with Crippen LogP contribution in [0.4, 0.5) is 0 Å². The van der Waals surface area contributed by atoms with E-state index < -0.39 is 0 Å². The largest absolute Gasteiger partial charge is 0.457 e. The average molecular weight is 392 g/mol. The van der Waals surface area contributed by atoms with E-state index in [4.69, 9.17) is 9.47 Å². The van der Waals surface area contributed by atoms with Gasteiger partial charge in [-0.1, -0.05) is 35.5 Å². The third-order valence-electron chi connectivity index (χ3n) is 4.84. The van der Waals surface area contributed by atoms with Crippen molar-refractivity contribution in [2.75, 3.05) is 13.7 Å². The molecule has 1 atom stereocenters. The van der Waals surface area contributed by atoms with Crippen molar-refractivity contribution in [1.29, 1.82) is 0 Å². The van der Waals surface area contributed by atoms with Crippen LogP contribution in [0.3, 0.4) is 0 Å². The van der Waals surface area contributed by atoms with Crippen LogP contribution >= 0.6 is 0 Å². The summed E-state index contributed by atoms with van der Waals surface area (Å²) in [5, 5.41) is 8.09. The van der Waals surface area contributed by atoms with Crippen molar-refractivity contribution in [3.8, 4) is 11.5 Å². The lowest BCUT2D eigenvalue weighted by Crippen LogP contribution is -2.26. The smallest absolute Gasteiger partial charge is 0.276 e. The number of carbonyl (C=O) groups is 1. The number of hydrogen-bond donors (Lipinski definition) is 0. The number of benzene rings is 2. The minimum atomic E-state index is -0.159. The molecule has 0 N–H and O–H groups in total. The maximum absolute atomic E-state index is 12.7. The summed E-state index contributed by atoms with van der Waals surface area (Å²) >= 11 is 0. The van der Waals surface area contributed by atoms with Gasteiger partial charge in [0.1, 0.15) is 11.5 Å². The molecule has 0 radical (unpaired) electrons. The van der Waals surface area contributed by atoms with E-state index in [0.717, 1.165) is 36.5 Å². The van der Waals surface area contributed by atoms with Crippen LogP contribution in [-0.4, -0.2) is 45.6 Å². The highest BCUT2D eigenvalue weighted by Gasteiger charge is 2.20. The Balaban J connectivity index is 1.33. The predicted molar refractivity (Wildman–Crippen MR) is 108 cm³/mol. The second kappa shape index (κ2) is 8.87. The number of aromatic nitrogens is 3. The maximum Gasteiger partial charge on any atom is 0.276 e. The van der Waals surface area contributed by atoms with Gasteiger partial charge in [0, 0.05) is 20.2 Å². The van der Waals surface area contributed by atoms with Gasteiger partial charge in [-0.25, -0.2) is 4.68 Å². The molecule has 0 spiro atoms. The Kier molecular flexibility index (Phi) is 5.86. The van der Waals surface area contributed by atoms with E-state index in [2.05, 4.69) is 10.3 Å². The second-order valence-electron chi connectivity index (χ2n) is 7.18. The Morgan fingerprint density at radius 2 is 1.93 bits per heavy atom. The van der Waals surface area contributed by atoms with Crippen molar-refractivity contribution in [3.63, 3.8) is 0 Å². The minimum absolute atomic E-state index is 0.159. The molecule has 1 fully saturated rings. The Bertz CT molecular complexity index is 934. The molecule has 1 aromatic heterocycles. The summed E-state index contributed by atoms with van der Waals surface area (Å²) in [7, 11) is 1.76. The summed E-state index contributed by atoms with van der Waals surface area (Å²) in [4.78, 5) is 14.3. The number of carbonyl (C=O) groups excluding carboxylic acids is 1. The lowest BCUT2D eigenvalue weighted by atomic mass is 10.2. The topological polar surface area (TPSA) is 69.5 Å². The van der Waals surface area contributed by atoms with Gasteiger partial charge < -0.3 is 14.4 Å². The zero-order valence-electron chi connectivity index (χ0n) is 16.4. The van der Waals surface area contributed by atoms with E-state index in [1.165, 1.54) is 0 Å². The van der Waals surface area contributed by atoms with Crippen LogP contribution in [0.25, 0.3) is 0 Å². The van der Waals surface area contributed by atoms with Gasteiger partial charge >= 0.3 is 0 Å². The molecule has 3 aromatic rings. The van der Waals surface area contributed by atoms with Gasteiger partial charge in [-0.05, 0) is 42.7 Å². The van der Waals surface area contributed by atoms with Crippen molar-refractivity contribution in [2.24, 2.45) is 0 Å². The minimum Gasteiger partial charge on any atom is -0.457 e. The van der Waals surface area contributed by atoms with E-state index >= 15 is 0 Å². The Labute approximate surface area is 169 Å². The molecule has 1 saturated heterocycles. The first-order valence-corrected chi connectivity index (χ1v) is 9.76. The summed E-state index contributed by atoms with van der Waals surface area (Å²) < 4.78 is 13.1. The molecule has 29 heavy (non-hydrogen) atoms. The first-order valence-electron chi connectivity index (χ1n) is 9.76. The molecule has 4 rings (SSSR count). The van der Waals surface area contributed by atoms with Gasteiger partial charge in [-0.3, -0.25) is 4.79 Å². The molecule has 2 aromatic carbocycles. The molecule has 7 nitrogen and oxygen atoms in total. The number of hydrogen-bond acceptors (Lipinski definition) is 5. The van der Waals surface area contributed by atoms with Crippen molar-refractivity contribution in [3.05, 3.63) is 72.1 Å². The molecule has 1 amide bonds. The fourth-order valence-corrected chi connectivity index (χ4v) is 3.31. The van der Waals surface area contributed by atoms with Crippen LogP contribution in [0, 0.1) is 0 Å². The first kappa shape index (κ1) is 19.1. The van der Waals surface area contributed by atoms with E-state index in [0.29, 0.717) is 18.8 Å². The lowest BCUT2D eigenvalue weighted by Gasteiger charge is -2.16. The zero-order valence-corrected chi connectivity index (χ0v) is 16.4. The summed E-state index contributed by atoms with van der Waals surface area (Å²) in [6, 6.07) is 17.3. The molecule has 2 heterocycles. The van der Waals surface area contributed by atoms with Crippen LogP contribution < -0.4 is 4.74 Å². The number of ether oxygens (including phenoxy) is 2. The Morgan fingerprint density at radius 1 is 1.17 bits per heavy atom. The van der Waals surface area contributed by atoms with Crippen molar-refractivity contribution in [1.82, 2.24) is 19.9 Å². The van der Waals surface area contributed by atoms with E-state index in [1.807, 2.05) is 54.6 Å². The van der Waals surface area contributed by atoms with Crippen molar-refractivity contribution >= 4 is 5.91 Å². The number of rotatable bonds is 7. The highest BCUT2D eigenvalue weighted by atomic mass is 16.5. The fraction of sp³-hybridized carbons (Fsp3) is 0.318. The fourth-order valence-electron chi connectivity index (χ4n) is 3.31. The van der Waals surface area contributed by atoms with Crippen LogP contribution in [0.15, 0.2) is 60.8 Å². The molecule has 0 saturated carbocycles. The zero-order chi connectivity index (χ0) is 20.1. The summed E-state index contributed by atoms with van der Waals surface area (Å²) in [6.45, 7) is 1.90. The second-order valence-corrected chi connectivity index (χ2v) is 7.18. The van der Waals surface area contributed by atoms with E-state index in [-0.39, 0.29) is 12.0 Å². The molecule has 150 valence electrons. The van der Waals surface area contributed by atoms with Crippen LogP contribution in [0.1, 0.15) is 28.9 Å². The maximum atomic E-state index is 12.7. The third kappa shape index (κ3) is 5.00. The van der Waals surface area contributed by atoms with Crippen LogP contribution in [-0.2, 0) is 17.8 Å². The molecule has 1 aliphatic heterocycles. The van der Waals surface area contributed by atoms with Crippen LogP contribution in [0.5, 0.6) is 11.5 Å². The number of amides is 1. The van der Waals surface area contributed by atoms with Gasteiger partial charge in [0.05, 0.1) is 18.8 Å². The van der Waals surface area contributed by atoms with Gasteiger partial charge in [0.2, 0.25) is 0 Å². The highest BCUT2D eigenvalue weighted by molar-refractivity contribution is 5.91. The van der Waals surface area contributed by atoms with Crippen molar-refractivity contribution in [2.45, 2.75) is 32.0 Å². The third-order valence-corrected chi connectivity index (χ3v) is 4.84. The van der Waals surface area contributed by atoms with Gasteiger partial charge in [0.25, 0.3) is 5.91 Å². The standard InChI is InChI=1S/C22H24N4O3/c1-25(22(27)21-16-26(24-23-21)15-20-8-5-13-28-20)14-17-9-11-19(12-10-17)29-18-6-3-2-4-7-18/h2-4,6-7,9-12,16,20H,5,8,13-15H2,1H3. The lowest BCUT2D eigenvalue weighted by molar-refractivity contribution is 0.0778.